The molecule has 0 unspecified atom stereocenters. The molecule has 4 fully saturated rings. The molecular weight excluding hydrogens is 1560 g/mol. The van der Waals surface area contributed by atoms with E-state index in [1.165, 1.54) is 27.7 Å². The van der Waals surface area contributed by atoms with Gasteiger partial charge in [-0.1, -0.05) is 162 Å². The average molecular weight is 1660 g/mol. The minimum atomic E-state index is -2.15. The van der Waals surface area contributed by atoms with E-state index < -0.39 is 201 Å². The highest BCUT2D eigenvalue weighted by atomic mass is 16.8. The van der Waals surface area contributed by atoms with Crippen LogP contribution in [-0.2, 0) is 166 Å². The largest absolute Gasteiger partial charge is 0.467 e. The van der Waals surface area contributed by atoms with Gasteiger partial charge in [0.2, 0.25) is 0 Å². The molecular formula is C83H101N7O29. The Kier molecular flexibility index (Phi) is 35.0. The van der Waals surface area contributed by atoms with Crippen molar-refractivity contribution in [2.24, 2.45) is 21.1 Å². The molecule has 0 aliphatic carbocycles. The van der Waals surface area contributed by atoms with Crippen molar-refractivity contribution < 1.29 is 138 Å². The zero-order valence-electron chi connectivity index (χ0n) is 67.8. The van der Waals surface area contributed by atoms with Crippen LogP contribution >= 0.6 is 0 Å². The van der Waals surface area contributed by atoms with Crippen molar-refractivity contribution in [1.29, 1.82) is 0 Å². The fourth-order valence-electron chi connectivity index (χ4n) is 12.9. The molecule has 119 heavy (non-hydrogen) atoms. The maximum atomic E-state index is 15.1. The summed E-state index contributed by atoms with van der Waals surface area (Å²) in [4.78, 5) is 131. The molecule has 36 heteroatoms. The van der Waals surface area contributed by atoms with Crippen molar-refractivity contribution in [3.05, 3.63) is 200 Å². The van der Waals surface area contributed by atoms with Crippen LogP contribution in [0.2, 0.25) is 0 Å². The molecule has 5 aromatic rings. The van der Waals surface area contributed by atoms with Gasteiger partial charge in [-0.25, -0.2) is 14.4 Å². The summed E-state index contributed by atoms with van der Waals surface area (Å²) in [5.41, 5.74) is 21.7. The highest BCUT2D eigenvalue weighted by molar-refractivity contribution is 5.81. The molecule has 9 rings (SSSR count). The van der Waals surface area contributed by atoms with Crippen molar-refractivity contribution in [3.8, 4) is 0 Å². The number of rotatable bonds is 38. The molecule has 36 nitrogen and oxygen atoms in total. The topological polar surface area (TPSA) is 448 Å². The number of azide groups is 2. The molecule has 4 aliphatic heterocycles. The summed E-state index contributed by atoms with van der Waals surface area (Å²) < 4.78 is 128. The first-order valence-electron chi connectivity index (χ1n) is 38.5. The highest BCUT2D eigenvalue weighted by Crippen LogP contribution is 2.42. The molecule has 4 saturated heterocycles. The molecule has 642 valence electrons. The molecule has 1 N–H and O–H groups in total. The van der Waals surface area contributed by atoms with Gasteiger partial charge in [0.1, 0.15) is 92.6 Å². The van der Waals surface area contributed by atoms with Crippen LogP contribution in [0, 0.1) is 10.8 Å². The van der Waals surface area contributed by atoms with Gasteiger partial charge in [-0.15, -0.1) is 0 Å². The highest BCUT2D eigenvalue weighted by Gasteiger charge is 2.62. The van der Waals surface area contributed by atoms with Crippen LogP contribution in [0.1, 0.15) is 103 Å². The third-order valence-corrected chi connectivity index (χ3v) is 18.9. The minimum Gasteiger partial charge on any atom is -0.467 e. The number of ketones is 1. The van der Waals surface area contributed by atoms with Crippen LogP contribution in [0.5, 0.6) is 0 Å². The van der Waals surface area contributed by atoms with Gasteiger partial charge in [-0.3, -0.25) is 24.0 Å². The molecule has 0 spiro atoms. The molecule has 1 amide bonds. The zero-order valence-corrected chi connectivity index (χ0v) is 67.8. The first kappa shape index (κ1) is 92.4. The normalized spacial score (nSPS) is 26.7. The van der Waals surface area contributed by atoms with E-state index in [2.05, 4.69) is 25.4 Å². The van der Waals surface area contributed by atoms with Crippen molar-refractivity contribution in [2.75, 3.05) is 40.6 Å². The van der Waals surface area contributed by atoms with Crippen LogP contribution in [0.15, 0.2) is 162 Å². The lowest BCUT2D eigenvalue weighted by Gasteiger charge is -2.51. The summed E-state index contributed by atoms with van der Waals surface area (Å²) in [6.45, 7) is 9.43. The monoisotopic (exact) mass is 1660 g/mol. The van der Waals surface area contributed by atoms with Gasteiger partial charge in [-0.05, 0) is 87.3 Å². The number of hydrogen-bond donors (Lipinski definition) is 1. The van der Waals surface area contributed by atoms with Crippen LogP contribution in [0.4, 0.5) is 4.79 Å². The molecule has 0 radical (unpaired) electrons. The summed E-state index contributed by atoms with van der Waals surface area (Å²) >= 11 is 0. The first-order valence-corrected chi connectivity index (χ1v) is 38.5. The Labute approximate surface area is 687 Å². The Balaban J connectivity index is 1.17. The Morgan fingerprint density at radius 3 is 1.14 bits per heavy atom. The van der Waals surface area contributed by atoms with Gasteiger partial charge >= 0.3 is 47.9 Å². The lowest BCUT2D eigenvalue weighted by molar-refractivity contribution is -0.377. The van der Waals surface area contributed by atoms with Gasteiger partial charge in [0.15, 0.2) is 55.7 Å². The fraction of sp³-hybridized carbons (Fsp3) is 0.530. The summed E-state index contributed by atoms with van der Waals surface area (Å²) in [6.07, 6.45) is -34.6. The molecule has 0 bridgehead atoms. The predicted molar refractivity (Wildman–Crippen MR) is 412 cm³/mol. The number of methoxy groups -OCH3 is 2. The SMILES string of the molecule is COC(=O)[C@@H]1O[C@@H](OCCNC(=O)OCc2ccccc2)[C@H](OC(=O)C(C)(C)C)[C@@H](OCc2ccccc2)[C@@H]1O[C@H]1O[C@H](COC(C)=O)[C@@H](O[C@@H]2O[C@@H](C(=O)OC)[C@@H](O[C@H]3O[C@H](COC(C)=O)[C@@H](OC(=O)CCC(C)=O)[C@H](OCc4ccccc4)[C@H]3N=[N+]=[N-])[C@H](OCc3ccccc3)[C@H]2OC(=O)C(C)(C)C)[C@H](OCc2ccccc2)[C@H]1N=[N+]=[N-]. The Morgan fingerprint density at radius 2 is 0.765 bits per heavy atom. The summed E-state index contributed by atoms with van der Waals surface area (Å²) in [6, 6.07) is 39.7. The number of alkyl carbamates (subject to hydrolysis) is 1. The number of carbonyl (C=O) groups is 9. The fourth-order valence-corrected chi connectivity index (χ4v) is 12.9. The van der Waals surface area contributed by atoms with Crippen molar-refractivity contribution in [3.63, 3.8) is 0 Å². The quantitative estimate of drug-likeness (QED) is 0.00959. The van der Waals surface area contributed by atoms with E-state index in [1.807, 2.05) is 6.07 Å². The second-order valence-electron chi connectivity index (χ2n) is 30.1. The van der Waals surface area contributed by atoms with E-state index in [0.717, 1.165) is 28.1 Å². The van der Waals surface area contributed by atoms with Gasteiger partial charge in [-0.2, -0.15) is 0 Å². The third-order valence-electron chi connectivity index (χ3n) is 18.9. The number of Topliss-reactive ketones (excluding diaryl/α,β-unsaturated/α-hetero) is 1. The van der Waals surface area contributed by atoms with Crippen molar-refractivity contribution in [2.45, 2.75) is 231 Å². The number of ether oxygens (including phenoxy) is 20. The Morgan fingerprint density at radius 1 is 0.403 bits per heavy atom. The molecule has 0 saturated carbocycles. The Bertz CT molecular complexity index is 4230. The molecule has 5 aromatic carbocycles. The van der Waals surface area contributed by atoms with E-state index >= 15 is 4.79 Å². The number of hydrogen-bond acceptors (Lipinski definition) is 31. The Hall–Kier alpha value is -10.5. The van der Waals surface area contributed by atoms with E-state index in [1.54, 1.807) is 166 Å². The second-order valence-corrected chi connectivity index (χ2v) is 30.1. The maximum Gasteiger partial charge on any atom is 0.407 e. The lowest BCUT2D eigenvalue weighted by atomic mass is 9.93. The lowest BCUT2D eigenvalue weighted by Crippen LogP contribution is -2.69. The summed E-state index contributed by atoms with van der Waals surface area (Å²) in [5, 5.41) is 10.9. The smallest absolute Gasteiger partial charge is 0.407 e. The first-order chi connectivity index (χ1) is 57.1. The van der Waals surface area contributed by atoms with Gasteiger partial charge in [0.05, 0.1) is 64.5 Å². The molecule has 4 aliphatic rings. The zero-order chi connectivity index (χ0) is 85.8. The van der Waals surface area contributed by atoms with Crippen LogP contribution in [-0.4, -0.2) is 217 Å². The van der Waals surface area contributed by atoms with Crippen LogP contribution < -0.4 is 5.32 Å². The minimum absolute atomic E-state index is 0.0590. The third kappa shape index (κ3) is 27.0. The second kappa shape index (κ2) is 45.0. The van der Waals surface area contributed by atoms with E-state index in [9.17, 15) is 49.4 Å². The number of esters is 7. The molecule has 0 aromatic heterocycles. The van der Waals surface area contributed by atoms with E-state index in [4.69, 9.17) is 94.7 Å². The number of nitrogens with zero attached hydrogens (tertiary/aromatic N) is 6. The summed E-state index contributed by atoms with van der Waals surface area (Å²) in [5.74, 6) is -7.07. The van der Waals surface area contributed by atoms with E-state index in [-0.39, 0.29) is 58.4 Å². The average Bonchev–Trinajstić information content (AvgIpc) is 0.758. The van der Waals surface area contributed by atoms with Crippen LogP contribution in [0.3, 0.4) is 0 Å². The predicted octanol–water partition coefficient (Wildman–Crippen LogP) is 9.35. The number of amides is 1. The standard InChI is InChI=1S/C83H101N7O29/c1-48(91)37-38-58(94)112-61-56(46-103-49(2)92)110-75(59(87-89-84)63(61)105-41-51-27-17-12-18-28-51)115-68-66(108-44-54-33-23-15-24-34-54)72(119-80(98)83(7,8)9)78(117-70(68)74(96)101-11)113-62-57(47-104-50(3)93)111-76(60(88-90-85)64(62)106-42-52-29-19-13-20-30-52)114-67-65(107-43-53-31-21-14-22-32-53)71(118-79(97)82(4,5)6)77(116-69(67)73(95)100-10)102-40-39-86-81(99)109-45-55-35-25-16-26-36-55/h12-36,56-57,59-72,75-78H,37-47H2,1-11H3,(H,86,99)/t56-,57-,59-,60-,61-,62-,63-,64-,65+,66+,67+,68+,69-,70-,71-,72-,75-,76-,77-,78-/m1/s1. The van der Waals surface area contributed by atoms with Gasteiger partial charge < -0.3 is 105 Å². The number of nitrogens with one attached hydrogen (secondary N) is 1. The van der Waals surface area contributed by atoms with Crippen molar-refractivity contribution in [1.82, 2.24) is 5.32 Å². The number of carbonyl (C=O) groups excluding carboxylic acids is 9. The van der Waals surface area contributed by atoms with Gasteiger partial charge in [0, 0.05) is 36.6 Å². The van der Waals surface area contributed by atoms with Gasteiger partial charge in [0.25, 0.3) is 0 Å². The molecule has 4 heterocycles. The maximum absolute atomic E-state index is 15.1. The number of benzene rings is 5. The van der Waals surface area contributed by atoms with Crippen LogP contribution in [0.25, 0.3) is 20.9 Å². The summed E-state index contributed by atoms with van der Waals surface area (Å²) in [7, 11) is 2.06. The molecule has 20 atom stereocenters. The van der Waals surface area contributed by atoms with Crippen molar-refractivity contribution >= 4 is 53.7 Å². The van der Waals surface area contributed by atoms with E-state index in [0.29, 0.717) is 27.8 Å².